The third kappa shape index (κ3) is 4.70. The largest absolute Gasteiger partial charge is 0.326 e. The van der Waals surface area contributed by atoms with Gasteiger partial charge in [0, 0.05) is 18.8 Å². The number of likely N-dealkylation sites (tertiary alicyclic amines) is 1. The van der Waals surface area contributed by atoms with Crippen LogP contribution in [0.2, 0.25) is 0 Å². The van der Waals surface area contributed by atoms with E-state index in [1.54, 1.807) is 0 Å². The van der Waals surface area contributed by atoms with Crippen LogP contribution >= 0.6 is 0 Å². The predicted molar refractivity (Wildman–Crippen MR) is 104 cm³/mol. The van der Waals surface area contributed by atoms with Gasteiger partial charge < -0.3 is 5.32 Å². The molecule has 1 atom stereocenters. The number of nitrogens with zero attached hydrogens (tertiary/aromatic N) is 1. The van der Waals surface area contributed by atoms with E-state index in [2.05, 4.69) is 30.1 Å². The summed E-state index contributed by atoms with van der Waals surface area (Å²) in [5, 5.41) is 3.14. The molecule has 1 saturated heterocycles. The molecule has 0 aromatic heterocycles. The van der Waals surface area contributed by atoms with Crippen LogP contribution in [-0.2, 0) is 11.3 Å². The Hall–Kier alpha value is -2.20. The summed E-state index contributed by atoms with van der Waals surface area (Å²) in [5.41, 5.74) is 3.17. The summed E-state index contributed by atoms with van der Waals surface area (Å²) in [7, 11) is 0. The van der Waals surface area contributed by atoms with Crippen LogP contribution in [0.1, 0.15) is 43.7 Å². The Balaban J connectivity index is 1.62. The van der Waals surface area contributed by atoms with Crippen LogP contribution in [0.3, 0.4) is 0 Å². The van der Waals surface area contributed by atoms with E-state index in [1.165, 1.54) is 17.7 Å². The zero-order valence-corrected chi connectivity index (χ0v) is 15.5. The second-order valence-corrected chi connectivity index (χ2v) is 7.43. The summed E-state index contributed by atoms with van der Waals surface area (Å²) in [6, 6.07) is 14.6. The van der Waals surface area contributed by atoms with Crippen molar-refractivity contribution in [3.63, 3.8) is 0 Å². The maximum atomic E-state index is 13.1. The molecule has 0 unspecified atom stereocenters. The molecule has 1 fully saturated rings. The fraction of sp³-hybridized carbons (Fsp3) is 0.409. The maximum Gasteiger partial charge on any atom is 0.228 e. The number of hydrogen-bond acceptors (Lipinski definition) is 2. The first kappa shape index (κ1) is 18.6. The number of amides is 1. The molecule has 3 rings (SSSR count). The third-order valence-corrected chi connectivity index (χ3v) is 5.04. The number of anilines is 1. The number of carbonyl (C=O) groups excluding carboxylic acids is 1. The summed E-state index contributed by atoms with van der Waals surface area (Å²) >= 11 is 0. The van der Waals surface area contributed by atoms with Gasteiger partial charge in [0.2, 0.25) is 5.91 Å². The molecule has 2 aromatic carbocycles. The number of para-hydroxylation sites is 1. The molecule has 1 aliphatic heterocycles. The van der Waals surface area contributed by atoms with Crippen LogP contribution in [0.5, 0.6) is 0 Å². The van der Waals surface area contributed by atoms with E-state index < -0.39 is 0 Å². The van der Waals surface area contributed by atoms with Gasteiger partial charge in [-0.1, -0.05) is 44.2 Å². The van der Waals surface area contributed by atoms with Gasteiger partial charge in [0.1, 0.15) is 5.82 Å². The van der Waals surface area contributed by atoms with Crippen molar-refractivity contribution in [1.82, 2.24) is 4.90 Å². The van der Waals surface area contributed by atoms with Gasteiger partial charge in [-0.05, 0) is 54.6 Å². The summed E-state index contributed by atoms with van der Waals surface area (Å²) in [5.74, 6) is 0.243. The van der Waals surface area contributed by atoms with Gasteiger partial charge in [-0.25, -0.2) is 4.39 Å². The quantitative estimate of drug-likeness (QED) is 0.836. The Labute approximate surface area is 155 Å². The SMILES string of the molecule is CC(C)c1ccccc1NC(=O)[C@H]1CCCN(Cc2ccc(F)cc2)C1. The van der Waals surface area contributed by atoms with Gasteiger partial charge in [0.05, 0.1) is 5.92 Å². The lowest BCUT2D eigenvalue weighted by Gasteiger charge is -2.32. The Morgan fingerprint density at radius 2 is 1.92 bits per heavy atom. The number of halogens is 1. The monoisotopic (exact) mass is 354 g/mol. The molecule has 1 N–H and O–H groups in total. The lowest BCUT2D eigenvalue weighted by molar-refractivity contribution is -0.121. The molecule has 2 aromatic rings. The molecule has 0 saturated carbocycles. The molecule has 0 aliphatic carbocycles. The Bertz CT molecular complexity index is 742. The number of piperidine rings is 1. The summed E-state index contributed by atoms with van der Waals surface area (Å²) in [4.78, 5) is 15.1. The second-order valence-electron chi connectivity index (χ2n) is 7.43. The van der Waals surface area contributed by atoms with Crippen molar-refractivity contribution in [2.45, 2.75) is 39.2 Å². The molecule has 1 aliphatic rings. The molecule has 138 valence electrons. The van der Waals surface area contributed by atoms with E-state index in [9.17, 15) is 9.18 Å². The van der Waals surface area contributed by atoms with E-state index in [-0.39, 0.29) is 17.6 Å². The number of benzene rings is 2. The molecule has 3 nitrogen and oxygen atoms in total. The first-order valence-corrected chi connectivity index (χ1v) is 9.39. The van der Waals surface area contributed by atoms with Crippen molar-refractivity contribution < 1.29 is 9.18 Å². The summed E-state index contributed by atoms with van der Waals surface area (Å²) in [6.45, 7) is 6.75. The fourth-order valence-corrected chi connectivity index (χ4v) is 3.61. The highest BCUT2D eigenvalue weighted by atomic mass is 19.1. The van der Waals surface area contributed by atoms with Crippen LogP contribution in [0.25, 0.3) is 0 Å². The molecule has 0 bridgehead atoms. The minimum Gasteiger partial charge on any atom is -0.326 e. The maximum absolute atomic E-state index is 13.1. The number of nitrogens with one attached hydrogen (secondary N) is 1. The highest BCUT2D eigenvalue weighted by Crippen LogP contribution is 2.26. The van der Waals surface area contributed by atoms with Crippen molar-refractivity contribution >= 4 is 11.6 Å². The third-order valence-electron chi connectivity index (χ3n) is 5.04. The standard InChI is InChI=1S/C22H27FN2O/c1-16(2)20-7-3-4-8-21(20)24-22(26)18-6-5-13-25(15-18)14-17-9-11-19(23)12-10-17/h3-4,7-12,16,18H,5-6,13-15H2,1-2H3,(H,24,26)/t18-/m0/s1. The first-order valence-electron chi connectivity index (χ1n) is 9.39. The van der Waals surface area contributed by atoms with Crippen LogP contribution < -0.4 is 5.32 Å². The van der Waals surface area contributed by atoms with Crippen molar-refractivity contribution in [2.24, 2.45) is 5.92 Å². The summed E-state index contributed by atoms with van der Waals surface area (Å²) < 4.78 is 13.1. The van der Waals surface area contributed by atoms with Crippen LogP contribution in [0.15, 0.2) is 48.5 Å². The molecule has 0 spiro atoms. The van der Waals surface area contributed by atoms with E-state index in [4.69, 9.17) is 0 Å². The lowest BCUT2D eigenvalue weighted by atomic mass is 9.95. The molecular weight excluding hydrogens is 327 g/mol. The van der Waals surface area contributed by atoms with Crippen molar-refractivity contribution in [2.75, 3.05) is 18.4 Å². The fourth-order valence-electron chi connectivity index (χ4n) is 3.61. The van der Waals surface area contributed by atoms with Gasteiger partial charge in [0.25, 0.3) is 0 Å². The predicted octanol–water partition coefficient (Wildman–Crippen LogP) is 4.80. The van der Waals surface area contributed by atoms with E-state index in [1.807, 2.05) is 30.3 Å². The normalized spacial score (nSPS) is 18.1. The zero-order valence-electron chi connectivity index (χ0n) is 15.5. The molecule has 4 heteroatoms. The van der Waals surface area contributed by atoms with Crippen molar-refractivity contribution in [3.8, 4) is 0 Å². The zero-order chi connectivity index (χ0) is 18.5. The van der Waals surface area contributed by atoms with Crippen molar-refractivity contribution in [3.05, 3.63) is 65.5 Å². The van der Waals surface area contributed by atoms with E-state index >= 15 is 0 Å². The average Bonchev–Trinajstić information content (AvgIpc) is 2.64. The highest BCUT2D eigenvalue weighted by molar-refractivity contribution is 5.93. The molecule has 26 heavy (non-hydrogen) atoms. The average molecular weight is 354 g/mol. The van der Waals surface area contributed by atoms with Crippen LogP contribution in [-0.4, -0.2) is 23.9 Å². The first-order chi connectivity index (χ1) is 12.5. The molecule has 1 heterocycles. The Morgan fingerprint density at radius 1 is 1.19 bits per heavy atom. The van der Waals surface area contributed by atoms with Crippen LogP contribution in [0.4, 0.5) is 10.1 Å². The van der Waals surface area contributed by atoms with E-state index in [0.717, 1.165) is 43.7 Å². The number of hydrogen-bond donors (Lipinski definition) is 1. The molecule has 1 amide bonds. The number of carbonyl (C=O) groups is 1. The molecular formula is C22H27FN2O. The smallest absolute Gasteiger partial charge is 0.228 e. The van der Waals surface area contributed by atoms with Gasteiger partial charge in [-0.2, -0.15) is 0 Å². The van der Waals surface area contributed by atoms with E-state index in [0.29, 0.717) is 5.92 Å². The molecule has 0 radical (unpaired) electrons. The Kier molecular flexibility index (Phi) is 6.04. The van der Waals surface area contributed by atoms with Crippen LogP contribution in [0, 0.1) is 11.7 Å². The van der Waals surface area contributed by atoms with Gasteiger partial charge in [0.15, 0.2) is 0 Å². The van der Waals surface area contributed by atoms with Gasteiger partial charge in [-0.3, -0.25) is 9.69 Å². The minimum absolute atomic E-state index is 0.00980. The lowest BCUT2D eigenvalue weighted by Crippen LogP contribution is -2.40. The van der Waals surface area contributed by atoms with Gasteiger partial charge >= 0.3 is 0 Å². The van der Waals surface area contributed by atoms with Gasteiger partial charge in [-0.15, -0.1) is 0 Å². The van der Waals surface area contributed by atoms with Crippen molar-refractivity contribution in [1.29, 1.82) is 0 Å². The minimum atomic E-state index is -0.214. The highest BCUT2D eigenvalue weighted by Gasteiger charge is 2.26. The topological polar surface area (TPSA) is 32.3 Å². The Morgan fingerprint density at radius 3 is 2.65 bits per heavy atom. The number of rotatable bonds is 5. The second kappa shape index (κ2) is 8.45. The summed E-state index contributed by atoms with van der Waals surface area (Å²) in [6.07, 6.45) is 1.92.